The number of aromatic amines is 1. The molecule has 0 aliphatic carbocycles. The fourth-order valence-corrected chi connectivity index (χ4v) is 3.52. The van der Waals surface area contributed by atoms with Crippen molar-refractivity contribution in [2.24, 2.45) is 0 Å². The molecule has 1 aliphatic heterocycles. The lowest BCUT2D eigenvalue weighted by molar-refractivity contribution is 0.0303. The lowest BCUT2D eigenvalue weighted by atomic mass is 10.0. The van der Waals surface area contributed by atoms with Crippen LogP contribution in [0.25, 0.3) is 22.0 Å². The Morgan fingerprint density at radius 3 is 2.64 bits per heavy atom. The van der Waals surface area contributed by atoms with Crippen molar-refractivity contribution in [1.82, 2.24) is 14.5 Å². The Hall–Kier alpha value is -3.12. The van der Waals surface area contributed by atoms with Gasteiger partial charge >= 0.3 is 0 Å². The fraction of sp³-hybridized carbons (Fsp3) is 0.273. The highest BCUT2D eigenvalue weighted by Gasteiger charge is 2.19. The number of nitrogens with zero attached hydrogens (tertiary/aromatic N) is 2. The van der Waals surface area contributed by atoms with Crippen molar-refractivity contribution in [3.05, 3.63) is 70.8 Å². The van der Waals surface area contributed by atoms with Gasteiger partial charge in [-0.05, 0) is 30.7 Å². The number of hydrogen-bond acceptors (Lipinski definition) is 3. The minimum absolute atomic E-state index is 0.0275. The van der Waals surface area contributed by atoms with E-state index in [1.807, 2.05) is 60.5 Å². The molecule has 1 aliphatic rings. The van der Waals surface area contributed by atoms with Crippen LogP contribution in [-0.2, 0) is 11.3 Å². The van der Waals surface area contributed by atoms with Gasteiger partial charge in [0.15, 0.2) is 0 Å². The Morgan fingerprint density at radius 1 is 1.18 bits per heavy atom. The third-order valence-electron chi connectivity index (χ3n) is 5.08. The normalized spacial score (nSPS) is 14.8. The summed E-state index contributed by atoms with van der Waals surface area (Å²) in [5, 5.41) is 0.883. The maximum absolute atomic E-state index is 12.6. The van der Waals surface area contributed by atoms with Crippen molar-refractivity contribution >= 4 is 16.8 Å². The van der Waals surface area contributed by atoms with Crippen LogP contribution in [0.1, 0.15) is 17.3 Å². The van der Waals surface area contributed by atoms with Crippen molar-refractivity contribution in [3.63, 3.8) is 0 Å². The van der Waals surface area contributed by atoms with Crippen LogP contribution < -0.4 is 5.56 Å². The summed E-state index contributed by atoms with van der Waals surface area (Å²) in [4.78, 5) is 30.2. The zero-order chi connectivity index (χ0) is 19.5. The molecule has 0 saturated carbocycles. The second kappa shape index (κ2) is 7.86. The lowest BCUT2D eigenvalue weighted by Gasteiger charge is -2.26. The number of ether oxygens (including phenoxy) is 1. The maximum Gasteiger partial charge on any atom is 0.275 e. The summed E-state index contributed by atoms with van der Waals surface area (Å²) in [6.45, 7) is 4.88. The highest BCUT2D eigenvalue weighted by molar-refractivity contribution is 5.97. The number of benzene rings is 1. The predicted octanol–water partition coefficient (Wildman–Crippen LogP) is 3.05. The number of H-pyrrole nitrogens is 1. The number of morpholine rings is 1. The maximum atomic E-state index is 12.6. The molecule has 0 radical (unpaired) electrons. The molecule has 1 fully saturated rings. The average Bonchev–Trinajstić information content (AvgIpc) is 3.24. The van der Waals surface area contributed by atoms with Crippen LogP contribution in [-0.4, -0.2) is 46.7 Å². The number of fused-ring (bicyclic) bond motifs is 1. The van der Waals surface area contributed by atoms with Gasteiger partial charge in [-0.2, -0.15) is 0 Å². The van der Waals surface area contributed by atoms with E-state index in [1.54, 1.807) is 10.8 Å². The van der Waals surface area contributed by atoms with E-state index in [2.05, 4.69) is 4.98 Å². The van der Waals surface area contributed by atoms with Crippen molar-refractivity contribution < 1.29 is 9.53 Å². The fourth-order valence-electron chi connectivity index (χ4n) is 3.52. The number of pyridine rings is 1. The molecule has 144 valence electrons. The van der Waals surface area contributed by atoms with Gasteiger partial charge in [-0.3, -0.25) is 9.59 Å². The number of carbonyl (C=O) groups excluding carboxylic acids is 1. The van der Waals surface area contributed by atoms with Crippen molar-refractivity contribution in [2.45, 2.75) is 13.5 Å². The lowest BCUT2D eigenvalue weighted by Crippen LogP contribution is -2.40. The summed E-state index contributed by atoms with van der Waals surface area (Å²) >= 11 is 0. The number of nitrogens with one attached hydrogen (secondary N) is 1. The summed E-state index contributed by atoms with van der Waals surface area (Å²) in [7, 11) is 0. The first-order chi connectivity index (χ1) is 13.7. The van der Waals surface area contributed by atoms with Crippen LogP contribution in [0.5, 0.6) is 0 Å². The van der Waals surface area contributed by atoms with Crippen LogP contribution in [0.4, 0.5) is 0 Å². The van der Waals surface area contributed by atoms with Gasteiger partial charge in [0, 0.05) is 48.5 Å². The summed E-state index contributed by atoms with van der Waals surface area (Å²) in [6.07, 6.45) is 7.55. The molecule has 1 saturated heterocycles. The van der Waals surface area contributed by atoms with Gasteiger partial charge in [-0.15, -0.1) is 0 Å². The molecule has 0 unspecified atom stereocenters. The summed E-state index contributed by atoms with van der Waals surface area (Å²) in [5.74, 6) is 0.0275. The largest absolute Gasteiger partial charge is 0.378 e. The molecule has 28 heavy (non-hydrogen) atoms. The molecule has 3 aromatic rings. The minimum atomic E-state index is -0.0408. The van der Waals surface area contributed by atoms with E-state index in [-0.39, 0.29) is 11.5 Å². The third kappa shape index (κ3) is 3.39. The smallest absolute Gasteiger partial charge is 0.275 e. The first-order valence-electron chi connectivity index (χ1n) is 9.48. The van der Waals surface area contributed by atoms with Gasteiger partial charge < -0.3 is 19.2 Å². The van der Waals surface area contributed by atoms with E-state index in [9.17, 15) is 9.59 Å². The molecule has 3 heterocycles. The summed E-state index contributed by atoms with van der Waals surface area (Å²) in [6, 6.07) is 9.51. The Morgan fingerprint density at radius 2 is 1.93 bits per heavy atom. The molecule has 6 heteroatoms. The van der Waals surface area contributed by atoms with E-state index < -0.39 is 0 Å². The highest BCUT2D eigenvalue weighted by Crippen LogP contribution is 2.27. The molecule has 0 atom stereocenters. The van der Waals surface area contributed by atoms with Gasteiger partial charge in [-0.1, -0.05) is 24.3 Å². The quantitative estimate of drug-likeness (QED) is 0.711. The number of rotatable bonds is 4. The molecule has 6 nitrogen and oxygen atoms in total. The predicted molar refractivity (Wildman–Crippen MR) is 110 cm³/mol. The Bertz CT molecular complexity index is 1070. The first kappa shape index (κ1) is 18.3. The highest BCUT2D eigenvalue weighted by atomic mass is 16.5. The van der Waals surface area contributed by atoms with Crippen LogP contribution in [0.15, 0.2) is 59.7 Å². The van der Waals surface area contributed by atoms with Gasteiger partial charge in [0.25, 0.3) is 11.5 Å². The Balaban J connectivity index is 1.70. The van der Waals surface area contributed by atoms with Gasteiger partial charge in [0.1, 0.15) is 5.52 Å². The minimum Gasteiger partial charge on any atom is -0.378 e. The standard InChI is InChI=1S/C22H23N3O3/c1-2-3-10-25-15-19(18-8-9-23-20(18)22(25)27)16-4-6-17(7-5-16)21(26)24-11-13-28-14-12-24/h2-9,15,23H,10-14H2,1H3. The molecule has 1 aromatic carbocycles. The second-order valence-electron chi connectivity index (χ2n) is 6.82. The SMILES string of the molecule is CC=CCn1cc(-c2ccc(C(=O)N3CCOCC3)cc2)c2cc[nH]c2c1=O. The molecule has 4 rings (SSSR count). The van der Waals surface area contributed by atoms with Crippen LogP contribution in [0, 0.1) is 0 Å². The van der Waals surface area contributed by atoms with Gasteiger partial charge in [-0.25, -0.2) is 0 Å². The number of hydrogen-bond donors (Lipinski definition) is 1. The molecule has 1 N–H and O–H groups in total. The summed E-state index contributed by atoms with van der Waals surface area (Å²) in [5.41, 5.74) is 3.15. The Kier molecular flexibility index (Phi) is 5.12. The third-order valence-corrected chi connectivity index (χ3v) is 5.08. The van der Waals surface area contributed by atoms with E-state index >= 15 is 0 Å². The average molecular weight is 377 g/mol. The van der Waals surface area contributed by atoms with E-state index in [0.29, 0.717) is 43.9 Å². The molecular weight excluding hydrogens is 354 g/mol. The van der Waals surface area contributed by atoms with Crippen molar-refractivity contribution in [2.75, 3.05) is 26.3 Å². The topological polar surface area (TPSA) is 67.3 Å². The monoisotopic (exact) mass is 377 g/mol. The van der Waals surface area contributed by atoms with E-state index in [4.69, 9.17) is 4.74 Å². The summed E-state index contributed by atoms with van der Waals surface area (Å²) < 4.78 is 7.01. The van der Waals surface area contributed by atoms with Crippen LogP contribution >= 0.6 is 0 Å². The number of allylic oxidation sites excluding steroid dienone is 2. The zero-order valence-corrected chi connectivity index (χ0v) is 15.9. The van der Waals surface area contributed by atoms with E-state index in [1.165, 1.54) is 0 Å². The molecule has 2 aromatic heterocycles. The first-order valence-corrected chi connectivity index (χ1v) is 9.48. The zero-order valence-electron chi connectivity index (χ0n) is 15.9. The molecular formula is C22H23N3O3. The number of amides is 1. The van der Waals surface area contributed by atoms with Gasteiger partial charge in [0.05, 0.1) is 13.2 Å². The van der Waals surface area contributed by atoms with Crippen LogP contribution in [0.3, 0.4) is 0 Å². The number of carbonyl (C=O) groups is 1. The Labute approximate surface area is 163 Å². The van der Waals surface area contributed by atoms with Crippen LogP contribution in [0.2, 0.25) is 0 Å². The molecule has 1 amide bonds. The molecule has 0 bridgehead atoms. The van der Waals surface area contributed by atoms with Crippen molar-refractivity contribution in [3.8, 4) is 11.1 Å². The van der Waals surface area contributed by atoms with Crippen molar-refractivity contribution in [1.29, 1.82) is 0 Å². The second-order valence-corrected chi connectivity index (χ2v) is 6.82. The number of aromatic nitrogens is 2. The van der Waals surface area contributed by atoms with E-state index in [0.717, 1.165) is 16.5 Å². The molecule has 0 spiro atoms. The van der Waals surface area contributed by atoms with Gasteiger partial charge in [0.2, 0.25) is 0 Å².